The molecule has 14 heavy (non-hydrogen) atoms. The lowest BCUT2D eigenvalue weighted by molar-refractivity contribution is 0.0699. The standard InChI is InChI=1S/C9H6FNO2S/c10-6-4-2-1-3-5(9(12)13)7(4)14-8(6)11/h1-3H,11H2,(H,12,13). The van der Waals surface area contributed by atoms with E-state index in [1.54, 1.807) is 0 Å². The second-order valence-electron chi connectivity index (χ2n) is 2.77. The van der Waals surface area contributed by atoms with Crippen LogP contribution in [-0.2, 0) is 0 Å². The quantitative estimate of drug-likeness (QED) is 0.760. The maximum absolute atomic E-state index is 13.3. The van der Waals surface area contributed by atoms with E-state index in [1.165, 1.54) is 18.2 Å². The highest BCUT2D eigenvalue weighted by atomic mass is 32.1. The summed E-state index contributed by atoms with van der Waals surface area (Å²) in [7, 11) is 0. The van der Waals surface area contributed by atoms with Crippen LogP contribution in [-0.4, -0.2) is 11.1 Å². The minimum Gasteiger partial charge on any atom is -0.478 e. The molecule has 0 amide bonds. The molecule has 1 heterocycles. The lowest BCUT2D eigenvalue weighted by atomic mass is 10.1. The molecule has 0 fully saturated rings. The maximum Gasteiger partial charge on any atom is 0.337 e. The van der Waals surface area contributed by atoms with Crippen LogP contribution in [0.15, 0.2) is 18.2 Å². The number of hydrogen-bond acceptors (Lipinski definition) is 3. The second-order valence-corrected chi connectivity index (χ2v) is 3.82. The number of aromatic carboxylic acids is 1. The van der Waals surface area contributed by atoms with Gasteiger partial charge in [0.05, 0.1) is 10.3 Å². The van der Waals surface area contributed by atoms with E-state index >= 15 is 0 Å². The number of thiophene rings is 1. The highest BCUT2D eigenvalue weighted by Crippen LogP contribution is 2.34. The number of nitrogens with two attached hydrogens (primary N) is 1. The molecule has 0 saturated heterocycles. The van der Waals surface area contributed by atoms with Gasteiger partial charge in [-0.25, -0.2) is 9.18 Å². The fraction of sp³-hybridized carbons (Fsp3) is 0. The molecule has 0 saturated carbocycles. The van der Waals surface area contributed by atoms with Crippen LogP contribution in [0.3, 0.4) is 0 Å². The number of nitrogen functional groups attached to an aromatic ring is 1. The monoisotopic (exact) mass is 211 g/mol. The Kier molecular flexibility index (Phi) is 1.89. The molecular formula is C9H6FNO2S. The summed E-state index contributed by atoms with van der Waals surface area (Å²) in [6.45, 7) is 0. The molecule has 1 aromatic carbocycles. The topological polar surface area (TPSA) is 63.3 Å². The summed E-state index contributed by atoms with van der Waals surface area (Å²) in [5.41, 5.74) is 5.46. The van der Waals surface area contributed by atoms with Crippen LogP contribution < -0.4 is 5.73 Å². The van der Waals surface area contributed by atoms with Gasteiger partial charge in [0.1, 0.15) is 5.00 Å². The molecule has 0 atom stereocenters. The number of benzene rings is 1. The zero-order valence-corrected chi connectivity index (χ0v) is 7.77. The van der Waals surface area contributed by atoms with Crippen molar-refractivity contribution in [3.63, 3.8) is 0 Å². The molecule has 5 heteroatoms. The van der Waals surface area contributed by atoms with E-state index < -0.39 is 11.8 Å². The number of anilines is 1. The minimum absolute atomic E-state index is 0.0219. The van der Waals surface area contributed by atoms with Gasteiger partial charge in [-0.3, -0.25) is 0 Å². The molecular weight excluding hydrogens is 205 g/mol. The lowest BCUT2D eigenvalue weighted by Gasteiger charge is -1.94. The van der Waals surface area contributed by atoms with E-state index in [2.05, 4.69) is 0 Å². The summed E-state index contributed by atoms with van der Waals surface area (Å²) >= 11 is 0.956. The first-order valence-corrected chi connectivity index (χ1v) is 4.62. The average molecular weight is 211 g/mol. The number of hydrogen-bond donors (Lipinski definition) is 2. The van der Waals surface area contributed by atoms with Crippen molar-refractivity contribution in [1.29, 1.82) is 0 Å². The summed E-state index contributed by atoms with van der Waals surface area (Å²) in [5, 5.41) is 9.12. The zero-order chi connectivity index (χ0) is 10.3. The van der Waals surface area contributed by atoms with Gasteiger partial charge in [0, 0.05) is 5.39 Å². The van der Waals surface area contributed by atoms with E-state index in [-0.39, 0.29) is 16.0 Å². The highest BCUT2D eigenvalue weighted by Gasteiger charge is 2.15. The van der Waals surface area contributed by atoms with Crippen LogP contribution in [0.2, 0.25) is 0 Å². The zero-order valence-electron chi connectivity index (χ0n) is 6.95. The van der Waals surface area contributed by atoms with E-state index in [0.29, 0.717) is 4.70 Å². The first-order valence-electron chi connectivity index (χ1n) is 3.81. The van der Waals surface area contributed by atoms with Crippen molar-refractivity contribution in [2.45, 2.75) is 0 Å². The van der Waals surface area contributed by atoms with Crippen LogP contribution in [0.4, 0.5) is 9.39 Å². The maximum atomic E-state index is 13.3. The van der Waals surface area contributed by atoms with Gasteiger partial charge in [-0.05, 0) is 6.07 Å². The predicted molar refractivity (Wildman–Crippen MR) is 53.2 cm³/mol. The number of carbonyl (C=O) groups is 1. The van der Waals surface area contributed by atoms with Crippen molar-refractivity contribution in [2.24, 2.45) is 0 Å². The van der Waals surface area contributed by atoms with Crippen molar-refractivity contribution >= 4 is 32.4 Å². The van der Waals surface area contributed by atoms with Gasteiger partial charge in [0.25, 0.3) is 0 Å². The van der Waals surface area contributed by atoms with Gasteiger partial charge < -0.3 is 10.8 Å². The predicted octanol–water partition coefficient (Wildman–Crippen LogP) is 2.32. The Bertz CT molecular complexity index is 521. The smallest absolute Gasteiger partial charge is 0.337 e. The largest absolute Gasteiger partial charge is 0.478 e. The van der Waals surface area contributed by atoms with Crippen molar-refractivity contribution in [3.05, 3.63) is 29.6 Å². The van der Waals surface area contributed by atoms with Gasteiger partial charge in [0.15, 0.2) is 5.82 Å². The van der Waals surface area contributed by atoms with Crippen LogP contribution in [0.5, 0.6) is 0 Å². The Hall–Kier alpha value is -1.62. The first-order chi connectivity index (χ1) is 6.61. The summed E-state index contributed by atoms with van der Waals surface area (Å²) in [5.74, 6) is -1.61. The number of carboxylic acid groups (broad SMARTS) is 1. The van der Waals surface area contributed by atoms with E-state index in [0.717, 1.165) is 11.3 Å². The molecule has 0 aliphatic carbocycles. The van der Waals surface area contributed by atoms with Crippen LogP contribution in [0, 0.1) is 5.82 Å². The normalized spacial score (nSPS) is 10.6. The lowest BCUT2D eigenvalue weighted by Crippen LogP contribution is -1.95. The minimum atomic E-state index is -1.07. The molecule has 0 aliphatic rings. The third-order valence-corrected chi connectivity index (χ3v) is 2.95. The Balaban J connectivity index is 2.88. The third-order valence-electron chi connectivity index (χ3n) is 1.91. The highest BCUT2D eigenvalue weighted by molar-refractivity contribution is 7.23. The summed E-state index contributed by atoms with van der Waals surface area (Å²) < 4.78 is 13.7. The molecule has 0 bridgehead atoms. The molecule has 2 rings (SSSR count). The Morgan fingerprint density at radius 2 is 2.21 bits per heavy atom. The Morgan fingerprint density at radius 3 is 2.86 bits per heavy atom. The first kappa shape index (κ1) is 8.96. The number of fused-ring (bicyclic) bond motifs is 1. The van der Waals surface area contributed by atoms with Crippen LogP contribution >= 0.6 is 11.3 Å². The number of halogens is 1. The molecule has 0 aliphatic heterocycles. The van der Waals surface area contributed by atoms with E-state index in [9.17, 15) is 9.18 Å². The summed E-state index contributed by atoms with van der Waals surface area (Å²) in [6.07, 6.45) is 0. The van der Waals surface area contributed by atoms with Crippen LogP contribution in [0.25, 0.3) is 10.1 Å². The van der Waals surface area contributed by atoms with E-state index in [1.807, 2.05) is 0 Å². The van der Waals surface area contributed by atoms with Gasteiger partial charge >= 0.3 is 5.97 Å². The van der Waals surface area contributed by atoms with E-state index in [4.69, 9.17) is 10.8 Å². The van der Waals surface area contributed by atoms with Crippen molar-refractivity contribution in [2.75, 3.05) is 5.73 Å². The molecule has 72 valence electrons. The third kappa shape index (κ3) is 1.13. The van der Waals surface area contributed by atoms with Crippen LogP contribution in [0.1, 0.15) is 10.4 Å². The second kappa shape index (κ2) is 2.95. The molecule has 3 nitrogen and oxygen atoms in total. The molecule has 0 radical (unpaired) electrons. The summed E-state index contributed by atoms with van der Waals surface area (Å²) in [4.78, 5) is 10.8. The Morgan fingerprint density at radius 1 is 1.50 bits per heavy atom. The molecule has 0 spiro atoms. The molecule has 0 unspecified atom stereocenters. The van der Waals surface area contributed by atoms with Gasteiger partial charge in [0.2, 0.25) is 0 Å². The molecule has 3 N–H and O–H groups in total. The molecule has 1 aromatic heterocycles. The van der Waals surface area contributed by atoms with Gasteiger partial charge in [-0.1, -0.05) is 12.1 Å². The average Bonchev–Trinajstić information content (AvgIpc) is 2.43. The summed E-state index contributed by atoms with van der Waals surface area (Å²) in [6, 6.07) is 4.45. The van der Waals surface area contributed by atoms with Crippen molar-refractivity contribution in [3.8, 4) is 0 Å². The number of rotatable bonds is 1. The fourth-order valence-electron chi connectivity index (χ4n) is 1.28. The van der Waals surface area contributed by atoms with Crippen molar-refractivity contribution in [1.82, 2.24) is 0 Å². The Labute approximate surface area is 82.6 Å². The SMILES string of the molecule is Nc1sc2c(C(=O)O)cccc2c1F. The van der Waals surface area contributed by atoms with Crippen molar-refractivity contribution < 1.29 is 14.3 Å². The number of carboxylic acids is 1. The molecule has 2 aromatic rings. The fourth-order valence-corrected chi connectivity index (χ4v) is 2.23. The van der Waals surface area contributed by atoms with Gasteiger partial charge in [-0.2, -0.15) is 0 Å². The van der Waals surface area contributed by atoms with Gasteiger partial charge in [-0.15, -0.1) is 11.3 Å².